The summed E-state index contributed by atoms with van der Waals surface area (Å²) < 4.78 is 2.59. The van der Waals surface area contributed by atoms with Crippen LogP contribution in [0.3, 0.4) is 0 Å². The molecule has 0 atom stereocenters. The summed E-state index contributed by atoms with van der Waals surface area (Å²) in [5, 5.41) is 6.43. The van der Waals surface area contributed by atoms with Gasteiger partial charge in [-0.25, -0.2) is 4.98 Å². The van der Waals surface area contributed by atoms with E-state index >= 15 is 0 Å². The summed E-state index contributed by atoms with van der Waals surface area (Å²) in [4.78, 5) is 5.19. The van der Waals surface area contributed by atoms with Crippen LogP contribution in [-0.2, 0) is 0 Å². The average Bonchev–Trinajstić information content (AvgIpc) is 3.18. The first kappa shape index (κ1) is 17.6. The molecule has 0 fully saturated rings. The first-order valence-electron chi connectivity index (χ1n) is 10.4. The van der Waals surface area contributed by atoms with Gasteiger partial charge in [-0.2, -0.15) is 0 Å². The molecule has 1 nitrogen and oxygen atoms in total. The highest BCUT2D eigenvalue weighted by molar-refractivity contribution is 7.26. The fraction of sp³-hybridized carbons (Fsp3) is 0.107. The third-order valence-electron chi connectivity index (χ3n) is 6.04. The van der Waals surface area contributed by atoms with Crippen LogP contribution in [0.15, 0.2) is 84.9 Å². The van der Waals surface area contributed by atoms with Crippen molar-refractivity contribution in [1.82, 2.24) is 4.98 Å². The minimum Gasteiger partial charge on any atom is -0.246 e. The van der Waals surface area contributed by atoms with Crippen molar-refractivity contribution in [2.45, 2.75) is 19.8 Å². The predicted octanol–water partition coefficient (Wildman–Crippen LogP) is 8.55. The summed E-state index contributed by atoms with van der Waals surface area (Å²) in [7, 11) is 0. The number of aromatic nitrogens is 1. The molecule has 0 amide bonds. The quantitative estimate of drug-likeness (QED) is 0.282. The Hall–Kier alpha value is -3.23. The Labute approximate surface area is 179 Å². The van der Waals surface area contributed by atoms with E-state index in [0.717, 1.165) is 11.2 Å². The first-order valence-corrected chi connectivity index (χ1v) is 11.3. The van der Waals surface area contributed by atoms with Gasteiger partial charge in [-0.3, -0.25) is 0 Å². The highest BCUT2D eigenvalue weighted by atomic mass is 32.1. The third-order valence-corrected chi connectivity index (χ3v) is 7.22. The van der Waals surface area contributed by atoms with Gasteiger partial charge in [-0.05, 0) is 34.4 Å². The Balaban J connectivity index is 1.76. The maximum atomic E-state index is 5.19. The lowest BCUT2D eigenvalue weighted by Gasteiger charge is -2.12. The van der Waals surface area contributed by atoms with Crippen molar-refractivity contribution in [3.05, 3.63) is 90.5 Å². The number of rotatable bonds is 2. The SMILES string of the molecule is CC(C)c1ccc2c(-c3nc4ccccc4c4c3sc3ccccc34)cccc2c1. The summed E-state index contributed by atoms with van der Waals surface area (Å²) in [6, 6.07) is 30.7. The van der Waals surface area contributed by atoms with E-state index in [9.17, 15) is 0 Å². The molecule has 0 aliphatic heterocycles. The van der Waals surface area contributed by atoms with Crippen LogP contribution >= 0.6 is 11.3 Å². The van der Waals surface area contributed by atoms with E-state index in [4.69, 9.17) is 4.98 Å². The van der Waals surface area contributed by atoms with Crippen molar-refractivity contribution in [3.8, 4) is 11.3 Å². The van der Waals surface area contributed by atoms with Crippen LogP contribution in [0.4, 0.5) is 0 Å². The molecule has 6 aromatic rings. The number of hydrogen-bond acceptors (Lipinski definition) is 2. The summed E-state index contributed by atoms with van der Waals surface area (Å²) in [5.74, 6) is 0.520. The lowest BCUT2D eigenvalue weighted by atomic mass is 9.95. The lowest BCUT2D eigenvalue weighted by molar-refractivity contribution is 0.869. The van der Waals surface area contributed by atoms with Crippen molar-refractivity contribution in [3.63, 3.8) is 0 Å². The molecule has 0 N–H and O–H groups in total. The maximum Gasteiger partial charge on any atom is 0.0894 e. The molecular formula is C28H21NS. The van der Waals surface area contributed by atoms with Crippen molar-refractivity contribution in [2.24, 2.45) is 0 Å². The molecule has 0 saturated carbocycles. The third kappa shape index (κ3) is 2.57. The van der Waals surface area contributed by atoms with Gasteiger partial charge < -0.3 is 0 Å². The van der Waals surface area contributed by atoms with Crippen LogP contribution in [0.25, 0.3) is 53.1 Å². The van der Waals surface area contributed by atoms with Gasteiger partial charge in [0, 0.05) is 26.4 Å². The van der Waals surface area contributed by atoms with Crippen molar-refractivity contribution in [2.75, 3.05) is 0 Å². The van der Waals surface area contributed by atoms with E-state index in [1.165, 1.54) is 47.5 Å². The molecule has 6 rings (SSSR count). The topological polar surface area (TPSA) is 12.9 Å². The summed E-state index contributed by atoms with van der Waals surface area (Å²) in [5.41, 5.74) is 4.73. The molecule has 0 saturated heterocycles. The van der Waals surface area contributed by atoms with Crippen LogP contribution in [0.5, 0.6) is 0 Å². The summed E-state index contributed by atoms with van der Waals surface area (Å²) in [6.07, 6.45) is 0. The van der Waals surface area contributed by atoms with Gasteiger partial charge in [0.1, 0.15) is 0 Å². The van der Waals surface area contributed by atoms with Gasteiger partial charge in [-0.15, -0.1) is 11.3 Å². The Morgan fingerprint density at radius 1 is 0.733 bits per heavy atom. The molecule has 0 unspecified atom stereocenters. The van der Waals surface area contributed by atoms with Gasteiger partial charge in [-0.1, -0.05) is 86.6 Å². The zero-order valence-corrected chi connectivity index (χ0v) is 17.8. The van der Waals surface area contributed by atoms with E-state index in [1.807, 2.05) is 11.3 Å². The van der Waals surface area contributed by atoms with Crippen LogP contribution in [0.1, 0.15) is 25.3 Å². The fourth-order valence-corrected chi connectivity index (χ4v) is 5.70. The van der Waals surface area contributed by atoms with Crippen molar-refractivity contribution < 1.29 is 0 Å². The van der Waals surface area contributed by atoms with Gasteiger partial charge in [0.2, 0.25) is 0 Å². The van der Waals surface area contributed by atoms with Gasteiger partial charge in [0.05, 0.1) is 15.9 Å². The fourth-order valence-electron chi connectivity index (χ4n) is 4.48. The standard InChI is InChI=1S/C28H21NS/c1-17(2)18-14-15-20-19(16-18)8-7-11-21(20)27-28-26(22-9-3-5-12-24(22)29-27)23-10-4-6-13-25(23)30-28/h3-17H,1-2H3. The Morgan fingerprint density at radius 3 is 2.40 bits per heavy atom. The zero-order valence-electron chi connectivity index (χ0n) is 17.0. The zero-order chi connectivity index (χ0) is 20.2. The van der Waals surface area contributed by atoms with E-state index in [1.54, 1.807) is 0 Å². The molecule has 0 spiro atoms. The number of benzene rings is 4. The normalized spacial score (nSPS) is 12.0. The van der Waals surface area contributed by atoms with E-state index in [-0.39, 0.29) is 0 Å². The second-order valence-corrected chi connectivity index (χ2v) is 9.27. The van der Waals surface area contributed by atoms with Crippen LogP contribution in [0.2, 0.25) is 0 Å². The number of para-hydroxylation sites is 1. The lowest BCUT2D eigenvalue weighted by Crippen LogP contribution is -1.91. The molecule has 0 aliphatic rings. The molecule has 2 heteroatoms. The van der Waals surface area contributed by atoms with Crippen LogP contribution in [0, 0.1) is 0 Å². The van der Waals surface area contributed by atoms with E-state index in [2.05, 4.69) is 98.8 Å². The summed E-state index contributed by atoms with van der Waals surface area (Å²) >= 11 is 1.85. The van der Waals surface area contributed by atoms with Crippen molar-refractivity contribution in [1.29, 1.82) is 0 Å². The molecular weight excluding hydrogens is 382 g/mol. The minimum atomic E-state index is 0.520. The number of fused-ring (bicyclic) bond motifs is 6. The van der Waals surface area contributed by atoms with Crippen LogP contribution < -0.4 is 0 Å². The molecule has 30 heavy (non-hydrogen) atoms. The molecule has 0 bridgehead atoms. The largest absolute Gasteiger partial charge is 0.246 e. The van der Waals surface area contributed by atoms with E-state index < -0.39 is 0 Å². The Bertz CT molecular complexity index is 1570. The second-order valence-electron chi connectivity index (χ2n) is 8.22. The highest BCUT2D eigenvalue weighted by Crippen LogP contribution is 2.44. The van der Waals surface area contributed by atoms with Gasteiger partial charge in [0.15, 0.2) is 0 Å². The number of hydrogen-bond donors (Lipinski definition) is 0. The smallest absolute Gasteiger partial charge is 0.0894 e. The van der Waals surface area contributed by atoms with Crippen molar-refractivity contribution >= 4 is 53.2 Å². The molecule has 0 radical (unpaired) electrons. The van der Waals surface area contributed by atoms with Gasteiger partial charge in [0.25, 0.3) is 0 Å². The molecule has 2 aromatic heterocycles. The highest BCUT2D eigenvalue weighted by Gasteiger charge is 2.17. The monoisotopic (exact) mass is 403 g/mol. The molecule has 144 valence electrons. The number of thiophene rings is 1. The minimum absolute atomic E-state index is 0.520. The van der Waals surface area contributed by atoms with Gasteiger partial charge >= 0.3 is 0 Å². The molecule has 2 heterocycles. The predicted molar refractivity (Wildman–Crippen MR) is 132 cm³/mol. The van der Waals surface area contributed by atoms with Crippen LogP contribution in [-0.4, -0.2) is 4.98 Å². The van der Waals surface area contributed by atoms with E-state index in [0.29, 0.717) is 5.92 Å². The first-order chi connectivity index (χ1) is 14.7. The number of nitrogens with zero attached hydrogens (tertiary/aromatic N) is 1. The molecule has 0 aliphatic carbocycles. The Morgan fingerprint density at radius 2 is 1.53 bits per heavy atom. The second kappa shape index (κ2) is 6.65. The molecule has 4 aromatic carbocycles. The summed E-state index contributed by atoms with van der Waals surface area (Å²) in [6.45, 7) is 4.49. The Kier molecular flexibility index (Phi) is 3.90. The maximum absolute atomic E-state index is 5.19. The average molecular weight is 404 g/mol. The number of pyridine rings is 1.